The number of aliphatic hydroxyl groups excluding tert-OH is 1. The molecule has 2 N–H and O–H groups in total. The molecule has 3 heteroatoms. The minimum Gasteiger partial charge on any atom is -0.393 e. The second kappa shape index (κ2) is 3.18. The lowest BCUT2D eigenvalue weighted by Crippen LogP contribution is -2.03. The number of H-pyrrole nitrogens is 1. The van der Waals surface area contributed by atoms with E-state index in [0.717, 1.165) is 16.6 Å². The van der Waals surface area contributed by atoms with Crippen molar-refractivity contribution in [2.75, 3.05) is 0 Å². The second-order valence-corrected chi connectivity index (χ2v) is 3.31. The quantitative estimate of drug-likeness (QED) is 0.728. The van der Waals surface area contributed by atoms with Crippen molar-refractivity contribution in [3.63, 3.8) is 0 Å². The van der Waals surface area contributed by atoms with Crippen molar-refractivity contribution in [1.29, 1.82) is 0 Å². The number of nitrogens with zero attached hydrogens (tertiary/aromatic N) is 1. The van der Waals surface area contributed by atoms with Gasteiger partial charge in [0.1, 0.15) is 0 Å². The van der Waals surface area contributed by atoms with Gasteiger partial charge in [-0.25, -0.2) is 4.98 Å². The van der Waals surface area contributed by atoms with Gasteiger partial charge in [-0.2, -0.15) is 0 Å². The molecule has 1 heterocycles. The molecule has 68 valence electrons. The molecule has 1 aromatic carbocycles. The summed E-state index contributed by atoms with van der Waals surface area (Å²) in [6.45, 7) is 1.79. The molecule has 0 aliphatic rings. The Kier molecular flexibility index (Phi) is 2.02. The maximum Gasteiger partial charge on any atom is 0.0931 e. The van der Waals surface area contributed by atoms with E-state index in [0.29, 0.717) is 6.42 Å². The Bertz CT molecular complexity index is 406. The van der Waals surface area contributed by atoms with Gasteiger partial charge in [-0.05, 0) is 31.0 Å². The Morgan fingerprint density at radius 3 is 3.15 bits per heavy atom. The number of aromatic nitrogens is 2. The Hall–Kier alpha value is -1.35. The van der Waals surface area contributed by atoms with Crippen molar-refractivity contribution in [3.05, 3.63) is 30.1 Å². The van der Waals surface area contributed by atoms with E-state index in [1.54, 1.807) is 13.3 Å². The lowest BCUT2D eigenvalue weighted by atomic mass is 10.1. The first-order valence-electron chi connectivity index (χ1n) is 4.36. The Morgan fingerprint density at radius 2 is 2.38 bits per heavy atom. The average molecular weight is 176 g/mol. The minimum absolute atomic E-state index is 0.291. The molecule has 0 aliphatic heterocycles. The predicted molar refractivity (Wildman–Crippen MR) is 51.5 cm³/mol. The summed E-state index contributed by atoms with van der Waals surface area (Å²) in [7, 11) is 0. The molecule has 2 rings (SSSR count). The number of nitrogens with one attached hydrogen (secondary N) is 1. The third-order valence-corrected chi connectivity index (χ3v) is 2.02. The van der Waals surface area contributed by atoms with Crippen LogP contribution in [0, 0.1) is 0 Å². The molecule has 0 amide bonds. The number of aromatic amines is 1. The number of hydrogen-bond acceptors (Lipinski definition) is 2. The fraction of sp³-hybridized carbons (Fsp3) is 0.300. The minimum atomic E-state index is -0.291. The molecule has 1 unspecified atom stereocenters. The first-order chi connectivity index (χ1) is 6.25. The lowest BCUT2D eigenvalue weighted by Gasteiger charge is -2.03. The topological polar surface area (TPSA) is 48.9 Å². The van der Waals surface area contributed by atoms with Crippen molar-refractivity contribution in [1.82, 2.24) is 9.97 Å². The lowest BCUT2D eigenvalue weighted by molar-refractivity contribution is 0.195. The van der Waals surface area contributed by atoms with E-state index in [1.165, 1.54) is 0 Å². The zero-order valence-corrected chi connectivity index (χ0v) is 7.49. The highest BCUT2D eigenvalue weighted by Crippen LogP contribution is 2.12. The van der Waals surface area contributed by atoms with Crippen LogP contribution in [-0.4, -0.2) is 21.2 Å². The van der Waals surface area contributed by atoms with Gasteiger partial charge in [-0.1, -0.05) is 6.07 Å². The molecule has 0 saturated heterocycles. The van der Waals surface area contributed by atoms with E-state index in [-0.39, 0.29) is 6.10 Å². The van der Waals surface area contributed by atoms with Gasteiger partial charge < -0.3 is 10.1 Å². The summed E-state index contributed by atoms with van der Waals surface area (Å²) in [5.41, 5.74) is 3.12. The van der Waals surface area contributed by atoms with Crippen LogP contribution in [0.15, 0.2) is 24.5 Å². The van der Waals surface area contributed by atoms with Crippen molar-refractivity contribution in [2.24, 2.45) is 0 Å². The molecule has 1 atom stereocenters. The number of benzene rings is 1. The molecule has 0 aliphatic carbocycles. The normalized spacial score (nSPS) is 13.4. The average Bonchev–Trinajstić information content (AvgIpc) is 2.49. The first-order valence-corrected chi connectivity index (χ1v) is 4.36. The zero-order chi connectivity index (χ0) is 9.26. The molecule has 0 fully saturated rings. The van der Waals surface area contributed by atoms with Gasteiger partial charge in [-0.15, -0.1) is 0 Å². The Balaban J connectivity index is 2.37. The molecule has 2 aromatic rings. The third-order valence-electron chi connectivity index (χ3n) is 2.02. The Morgan fingerprint density at radius 1 is 1.54 bits per heavy atom. The highest BCUT2D eigenvalue weighted by molar-refractivity contribution is 5.75. The van der Waals surface area contributed by atoms with Crippen molar-refractivity contribution in [2.45, 2.75) is 19.4 Å². The van der Waals surface area contributed by atoms with Crippen LogP contribution < -0.4 is 0 Å². The summed E-state index contributed by atoms with van der Waals surface area (Å²) in [5, 5.41) is 9.20. The van der Waals surface area contributed by atoms with Crippen LogP contribution in [0.3, 0.4) is 0 Å². The number of hydrogen-bond donors (Lipinski definition) is 2. The monoisotopic (exact) mass is 176 g/mol. The van der Waals surface area contributed by atoms with Crippen molar-refractivity contribution in [3.8, 4) is 0 Å². The van der Waals surface area contributed by atoms with Gasteiger partial charge in [0.05, 0.1) is 23.5 Å². The summed E-state index contributed by atoms with van der Waals surface area (Å²) in [6, 6.07) is 5.98. The fourth-order valence-electron chi connectivity index (χ4n) is 1.45. The van der Waals surface area contributed by atoms with E-state index in [4.69, 9.17) is 0 Å². The van der Waals surface area contributed by atoms with Gasteiger partial charge in [0.15, 0.2) is 0 Å². The predicted octanol–water partition coefficient (Wildman–Crippen LogP) is 1.49. The molecule has 0 saturated carbocycles. The number of rotatable bonds is 2. The molecule has 0 radical (unpaired) electrons. The van der Waals surface area contributed by atoms with Crippen LogP contribution in [0.1, 0.15) is 12.5 Å². The molecule has 0 bridgehead atoms. The van der Waals surface area contributed by atoms with Gasteiger partial charge in [0.25, 0.3) is 0 Å². The van der Waals surface area contributed by atoms with E-state index in [1.807, 2.05) is 18.2 Å². The van der Waals surface area contributed by atoms with Gasteiger partial charge in [0.2, 0.25) is 0 Å². The first kappa shape index (κ1) is 8.26. The SMILES string of the molecule is CC(O)Cc1ccc2nc[nH]c2c1. The van der Waals surface area contributed by atoms with E-state index < -0.39 is 0 Å². The summed E-state index contributed by atoms with van der Waals surface area (Å²) in [4.78, 5) is 7.16. The zero-order valence-electron chi connectivity index (χ0n) is 7.49. The van der Waals surface area contributed by atoms with Crippen LogP contribution in [-0.2, 0) is 6.42 Å². The molecular formula is C10H12N2O. The number of aliphatic hydroxyl groups is 1. The van der Waals surface area contributed by atoms with E-state index in [9.17, 15) is 5.11 Å². The van der Waals surface area contributed by atoms with Crippen LogP contribution in [0.25, 0.3) is 11.0 Å². The smallest absolute Gasteiger partial charge is 0.0931 e. The van der Waals surface area contributed by atoms with Crippen molar-refractivity contribution < 1.29 is 5.11 Å². The highest BCUT2D eigenvalue weighted by atomic mass is 16.3. The fourth-order valence-corrected chi connectivity index (χ4v) is 1.45. The molecule has 0 spiro atoms. The summed E-state index contributed by atoms with van der Waals surface area (Å²) in [6.07, 6.45) is 2.08. The van der Waals surface area contributed by atoms with Crippen molar-refractivity contribution >= 4 is 11.0 Å². The van der Waals surface area contributed by atoms with Crippen LogP contribution in [0.5, 0.6) is 0 Å². The molecule has 1 aromatic heterocycles. The van der Waals surface area contributed by atoms with Gasteiger partial charge in [-0.3, -0.25) is 0 Å². The van der Waals surface area contributed by atoms with Crippen LogP contribution in [0.4, 0.5) is 0 Å². The standard InChI is InChI=1S/C10H12N2O/c1-7(13)4-8-2-3-9-10(5-8)12-6-11-9/h2-3,5-7,13H,4H2,1H3,(H,11,12). The summed E-state index contributed by atoms with van der Waals surface area (Å²) in [5.74, 6) is 0. The van der Waals surface area contributed by atoms with Gasteiger partial charge >= 0.3 is 0 Å². The van der Waals surface area contributed by atoms with E-state index in [2.05, 4.69) is 9.97 Å². The maximum atomic E-state index is 9.20. The highest BCUT2D eigenvalue weighted by Gasteiger charge is 2.01. The summed E-state index contributed by atoms with van der Waals surface area (Å²) < 4.78 is 0. The third kappa shape index (κ3) is 1.70. The molecular weight excluding hydrogens is 164 g/mol. The van der Waals surface area contributed by atoms with Gasteiger partial charge in [0, 0.05) is 0 Å². The largest absolute Gasteiger partial charge is 0.393 e. The maximum absolute atomic E-state index is 9.20. The molecule has 13 heavy (non-hydrogen) atoms. The van der Waals surface area contributed by atoms with Crippen LogP contribution >= 0.6 is 0 Å². The summed E-state index contributed by atoms with van der Waals surface area (Å²) >= 11 is 0. The number of fused-ring (bicyclic) bond motifs is 1. The second-order valence-electron chi connectivity index (χ2n) is 3.31. The van der Waals surface area contributed by atoms with E-state index >= 15 is 0 Å². The van der Waals surface area contributed by atoms with Crippen LogP contribution in [0.2, 0.25) is 0 Å². The molecule has 3 nitrogen and oxygen atoms in total. The number of imidazole rings is 1. The Labute approximate surface area is 76.4 Å².